The Balaban J connectivity index is 0.00000272. The molecule has 31 heavy (non-hydrogen) atoms. The molecule has 1 amide bonds. The second-order valence-corrected chi connectivity index (χ2v) is 7.70. The van der Waals surface area contributed by atoms with Crippen LogP contribution in [0.15, 0.2) is 63.8 Å². The van der Waals surface area contributed by atoms with Crippen LogP contribution in [-0.2, 0) is 16.9 Å². The highest BCUT2D eigenvalue weighted by atomic mass is 35.5. The molecule has 166 valence electrons. The lowest BCUT2D eigenvalue weighted by atomic mass is 9.87. The fraction of sp³-hybridized carbons (Fsp3) is 0.348. The second-order valence-electron chi connectivity index (χ2n) is 7.70. The summed E-state index contributed by atoms with van der Waals surface area (Å²) in [5.41, 5.74) is 7.64. The number of amides is 1. The van der Waals surface area contributed by atoms with E-state index in [1.165, 1.54) is 0 Å². The van der Waals surface area contributed by atoms with Crippen molar-refractivity contribution in [3.8, 4) is 0 Å². The third-order valence-electron chi connectivity index (χ3n) is 5.96. The van der Waals surface area contributed by atoms with E-state index >= 15 is 0 Å². The number of halogens is 1. The van der Waals surface area contributed by atoms with Crippen LogP contribution in [0, 0.1) is 6.92 Å². The molecule has 0 unspecified atom stereocenters. The molecule has 3 aromatic rings. The van der Waals surface area contributed by atoms with Crippen molar-refractivity contribution in [2.75, 3.05) is 18.4 Å². The maximum atomic E-state index is 12.8. The average Bonchev–Trinajstić information content (AvgIpc) is 3.46. The van der Waals surface area contributed by atoms with Gasteiger partial charge in [-0.25, -0.2) is 0 Å². The Morgan fingerprint density at radius 2 is 1.74 bits per heavy atom. The number of nitrogens with one attached hydrogen (secondary N) is 1. The van der Waals surface area contributed by atoms with E-state index in [9.17, 15) is 9.90 Å². The Labute approximate surface area is 187 Å². The second kappa shape index (κ2) is 9.60. The van der Waals surface area contributed by atoms with Crippen molar-refractivity contribution in [3.63, 3.8) is 0 Å². The number of benzene rings is 1. The number of furan rings is 2. The number of hydrogen-bond acceptors (Lipinski definition) is 6. The van der Waals surface area contributed by atoms with Gasteiger partial charge in [0.05, 0.1) is 19.1 Å². The maximum Gasteiger partial charge on any atom is 0.253 e. The van der Waals surface area contributed by atoms with Crippen LogP contribution in [0.2, 0.25) is 0 Å². The minimum Gasteiger partial charge on any atom is -0.466 e. The average molecular weight is 446 g/mol. The lowest BCUT2D eigenvalue weighted by Gasteiger charge is -2.43. The summed E-state index contributed by atoms with van der Waals surface area (Å²) < 4.78 is 11.3. The number of aliphatic hydroxyl groups excluding tert-OH is 1. The van der Waals surface area contributed by atoms with Crippen LogP contribution in [0.25, 0.3) is 0 Å². The van der Waals surface area contributed by atoms with Gasteiger partial charge < -0.3 is 25.0 Å². The molecule has 4 rings (SSSR count). The third kappa shape index (κ3) is 4.08. The van der Waals surface area contributed by atoms with Gasteiger partial charge in [0.2, 0.25) is 5.54 Å². The van der Waals surface area contributed by atoms with Gasteiger partial charge >= 0.3 is 0 Å². The summed E-state index contributed by atoms with van der Waals surface area (Å²) in [6, 6.07) is 13.1. The summed E-state index contributed by atoms with van der Waals surface area (Å²) in [4.78, 5) is 14.9. The first-order valence-corrected chi connectivity index (χ1v) is 10.2. The zero-order chi connectivity index (χ0) is 21.1. The fourth-order valence-electron chi connectivity index (χ4n) is 4.43. The van der Waals surface area contributed by atoms with E-state index in [0.29, 0.717) is 24.6 Å². The van der Waals surface area contributed by atoms with Crippen LogP contribution in [0.1, 0.15) is 35.5 Å². The summed E-state index contributed by atoms with van der Waals surface area (Å²) >= 11 is 0. The number of para-hydroxylation sites is 1. The zero-order valence-corrected chi connectivity index (χ0v) is 18.2. The first kappa shape index (κ1) is 22.9. The van der Waals surface area contributed by atoms with Crippen LogP contribution >= 0.6 is 12.4 Å². The van der Waals surface area contributed by atoms with E-state index in [0.717, 1.165) is 29.7 Å². The van der Waals surface area contributed by atoms with Crippen molar-refractivity contribution < 1.29 is 18.7 Å². The maximum absolute atomic E-state index is 12.8. The van der Waals surface area contributed by atoms with E-state index in [4.69, 9.17) is 14.6 Å². The van der Waals surface area contributed by atoms with E-state index in [1.54, 1.807) is 36.8 Å². The van der Waals surface area contributed by atoms with Crippen molar-refractivity contribution in [2.45, 2.75) is 38.0 Å². The molecule has 0 saturated carbocycles. The SMILES string of the molecule is Cc1cccc(CO)c1NC1CCN(C(C(N)=O)(c2ccco2)c2ccco2)CC1.Cl. The number of primary amides is 1. The van der Waals surface area contributed by atoms with Crippen molar-refractivity contribution in [1.82, 2.24) is 4.90 Å². The predicted molar refractivity (Wildman–Crippen MR) is 120 cm³/mol. The Morgan fingerprint density at radius 1 is 1.13 bits per heavy atom. The van der Waals surface area contributed by atoms with Crippen LogP contribution < -0.4 is 11.1 Å². The topological polar surface area (TPSA) is 105 Å². The number of carbonyl (C=O) groups is 1. The van der Waals surface area contributed by atoms with Crippen LogP contribution in [-0.4, -0.2) is 35.0 Å². The fourth-order valence-corrected chi connectivity index (χ4v) is 4.43. The Bertz CT molecular complexity index is 946. The quantitative estimate of drug-likeness (QED) is 0.514. The highest BCUT2D eigenvalue weighted by molar-refractivity contribution is 5.88. The van der Waals surface area contributed by atoms with Crippen LogP contribution in [0.3, 0.4) is 0 Å². The number of nitrogens with two attached hydrogens (primary N) is 1. The van der Waals surface area contributed by atoms with Gasteiger partial charge in [0.1, 0.15) is 11.5 Å². The number of aryl methyl sites for hydroxylation is 1. The summed E-state index contributed by atoms with van der Waals surface area (Å²) in [6.45, 7) is 3.28. The lowest BCUT2D eigenvalue weighted by Crippen LogP contribution is -2.58. The molecule has 1 aromatic carbocycles. The molecule has 0 aliphatic carbocycles. The monoisotopic (exact) mass is 445 g/mol. The van der Waals surface area contributed by atoms with Gasteiger partial charge in [-0.3, -0.25) is 9.69 Å². The Morgan fingerprint density at radius 3 is 2.23 bits per heavy atom. The number of anilines is 1. The number of aliphatic hydroxyl groups is 1. The molecule has 4 N–H and O–H groups in total. The molecule has 1 aliphatic heterocycles. The van der Waals surface area contributed by atoms with Gasteiger partial charge in [0.15, 0.2) is 0 Å². The molecular formula is C23H28ClN3O4. The lowest BCUT2D eigenvalue weighted by molar-refractivity contribution is -0.131. The van der Waals surface area contributed by atoms with Crippen molar-refractivity contribution >= 4 is 24.0 Å². The standard InChI is InChI=1S/C23H27N3O4.ClH/c1-16-5-2-6-17(15-27)21(16)25-18-9-11-26(12-10-18)23(22(24)28,19-7-3-13-29-19)20-8-4-14-30-20;/h2-8,13-14,18,25,27H,9-12,15H2,1H3,(H2,24,28);1H. The third-order valence-corrected chi connectivity index (χ3v) is 5.96. The molecule has 0 radical (unpaired) electrons. The molecular weight excluding hydrogens is 418 g/mol. The van der Waals surface area contributed by atoms with Gasteiger partial charge in [0.25, 0.3) is 5.91 Å². The normalized spacial score (nSPS) is 15.4. The number of carbonyl (C=O) groups excluding carboxylic acids is 1. The molecule has 2 aromatic heterocycles. The molecule has 1 saturated heterocycles. The van der Waals surface area contributed by atoms with Gasteiger partial charge in [-0.05, 0) is 49.6 Å². The van der Waals surface area contributed by atoms with E-state index in [2.05, 4.69) is 5.32 Å². The highest BCUT2D eigenvalue weighted by Crippen LogP contribution is 2.39. The van der Waals surface area contributed by atoms with Gasteiger partial charge in [0, 0.05) is 30.4 Å². The minimum absolute atomic E-state index is 0. The van der Waals surface area contributed by atoms with Crippen molar-refractivity contribution in [1.29, 1.82) is 0 Å². The number of rotatable bonds is 7. The largest absolute Gasteiger partial charge is 0.466 e. The van der Waals surface area contributed by atoms with E-state index < -0.39 is 11.4 Å². The Kier molecular flexibility index (Phi) is 7.10. The van der Waals surface area contributed by atoms with Crippen LogP contribution in [0.4, 0.5) is 5.69 Å². The van der Waals surface area contributed by atoms with E-state index in [-0.39, 0.29) is 25.1 Å². The molecule has 8 heteroatoms. The highest BCUT2D eigenvalue weighted by Gasteiger charge is 2.51. The summed E-state index contributed by atoms with van der Waals surface area (Å²) in [5, 5.41) is 13.3. The molecule has 0 spiro atoms. The van der Waals surface area contributed by atoms with Gasteiger partial charge in [-0.1, -0.05) is 18.2 Å². The molecule has 0 bridgehead atoms. The Hall–Kier alpha value is -2.74. The first-order valence-electron chi connectivity index (χ1n) is 10.2. The van der Waals surface area contributed by atoms with Gasteiger partial charge in [-0.15, -0.1) is 12.4 Å². The van der Waals surface area contributed by atoms with Crippen molar-refractivity contribution in [2.24, 2.45) is 5.73 Å². The summed E-state index contributed by atoms with van der Waals surface area (Å²) in [7, 11) is 0. The number of nitrogens with zero attached hydrogens (tertiary/aromatic N) is 1. The van der Waals surface area contributed by atoms with E-state index in [1.807, 2.05) is 30.0 Å². The molecule has 1 aliphatic rings. The summed E-state index contributed by atoms with van der Waals surface area (Å²) in [6.07, 6.45) is 4.68. The van der Waals surface area contributed by atoms with Crippen LogP contribution in [0.5, 0.6) is 0 Å². The molecule has 7 nitrogen and oxygen atoms in total. The zero-order valence-electron chi connectivity index (χ0n) is 17.4. The molecule has 0 atom stereocenters. The number of likely N-dealkylation sites (tertiary alicyclic amines) is 1. The summed E-state index contributed by atoms with van der Waals surface area (Å²) in [5.74, 6) is 0.385. The first-order chi connectivity index (χ1) is 14.6. The predicted octanol–water partition coefficient (Wildman–Crippen LogP) is 3.40. The van der Waals surface area contributed by atoms with Crippen molar-refractivity contribution in [3.05, 3.63) is 77.6 Å². The minimum atomic E-state index is -1.28. The number of hydrogen-bond donors (Lipinski definition) is 3. The molecule has 1 fully saturated rings. The van der Waals surface area contributed by atoms with Gasteiger partial charge in [-0.2, -0.15) is 0 Å². The molecule has 3 heterocycles. The smallest absolute Gasteiger partial charge is 0.253 e. The number of piperidine rings is 1.